The van der Waals surface area contributed by atoms with Gasteiger partial charge in [-0.15, -0.1) is 0 Å². The van der Waals surface area contributed by atoms with E-state index in [1.165, 1.54) is 6.20 Å². The van der Waals surface area contributed by atoms with E-state index >= 15 is 0 Å². The highest BCUT2D eigenvalue weighted by Gasteiger charge is 2.34. The predicted molar refractivity (Wildman–Crippen MR) is 130 cm³/mol. The molecule has 9 nitrogen and oxygen atoms in total. The molecule has 0 bridgehead atoms. The normalized spacial score (nSPS) is 19.3. The van der Waals surface area contributed by atoms with Gasteiger partial charge in [0.25, 0.3) is 5.91 Å². The molecule has 0 fully saturated rings. The Labute approximate surface area is 205 Å². The lowest BCUT2D eigenvalue weighted by atomic mass is 9.99. The minimum Gasteiger partial charge on any atom is -0.472 e. The molecular weight excluding hydrogens is 448 g/mol. The number of hydrogen-bond acceptors (Lipinski definition) is 7. The molecule has 3 rings (SSSR count). The van der Waals surface area contributed by atoms with Crippen molar-refractivity contribution >= 4 is 11.8 Å². The first-order valence-corrected chi connectivity index (χ1v) is 11.6. The summed E-state index contributed by atoms with van der Waals surface area (Å²) in [4.78, 5) is 38.0. The van der Waals surface area contributed by atoms with E-state index in [1.54, 1.807) is 55.1 Å². The highest BCUT2D eigenvalue weighted by molar-refractivity contribution is 5.97. The van der Waals surface area contributed by atoms with Crippen LogP contribution in [0.2, 0.25) is 0 Å². The van der Waals surface area contributed by atoms with Gasteiger partial charge in [0, 0.05) is 43.2 Å². The Morgan fingerprint density at radius 1 is 1.34 bits per heavy atom. The smallest absolute Gasteiger partial charge is 0.259 e. The average Bonchev–Trinajstić information content (AvgIpc) is 2.84. The number of nitrogens with zero attached hydrogens (tertiary/aromatic N) is 4. The van der Waals surface area contributed by atoms with E-state index in [4.69, 9.17) is 4.74 Å². The standard InChI is InChI=1S/C26H32N4O5/c1-17-14-30(18(2)16-31)26(34)22-11-20(9-8-19(3)32)13-28-25(22)35-23(17)15-29(4)24(33)12-21-7-5-6-10-27-21/h5-7,10-11,13,17-19,23,31-32H,12,14-16H2,1-4H3/t17-,18-,19+,23-/m0/s1. The fourth-order valence-electron chi connectivity index (χ4n) is 3.74. The summed E-state index contributed by atoms with van der Waals surface area (Å²) in [7, 11) is 1.71. The summed E-state index contributed by atoms with van der Waals surface area (Å²) in [6.07, 6.45) is 2.04. The van der Waals surface area contributed by atoms with Crippen LogP contribution in [0.3, 0.4) is 0 Å². The highest BCUT2D eigenvalue weighted by atomic mass is 16.5. The third-order valence-corrected chi connectivity index (χ3v) is 5.88. The summed E-state index contributed by atoms with van der Waals surface area (Å²) in [5.41, 5.74) is 1.37. The summed E-state index contributed by atoms with van der Waals surface area (Å²) < 4.78 is 6.20. The molecule has 2 N–H and O–H groups in total. The molecule has 0 saturated heterocycles. The van der Waals surface area contributed by atoms with Gasteiger partial charge >= 0.3 is 0 Å². The Bertz CT molecular complexity index is 1100. The zero-order chi connectivity index (χ0) is 25.5. The van der Waals surface area contributed by atoms with Crippen molar-refractivity contribution in [1.29, 1.82) is 0 Å². The van der Waals surface area contributed by atoms with Gasteiger partial charge in [0.1, 0.15) is 17.8 Å². The van der Waals surface area contributed by atoms with Crippen LogP contribution < -0.4 is 4.74 Å². The first-order chi connectivity index (χ1) is 16.7. The molecule has 1 aliphatic rings. The fourth-order valence-corrected chi connectivity index (χ4v) is 3.74. The molecule has 4 atom stereocenters. The summed E-state index contributed by atoms with van der Waals surface area (Å²) in [5.74, 6) is 5.02. The molecule has 9 heteroatoms. The molecule has 35 heavy (non-hydrogen) atoms. The highest BCUT2D eigenvalue weighted by Crippen LogP contribution is 2.27. The largest absolute Gasteiger partial charge is 0.472 e. The molecule has 0 aromatic carbocycles. The molecule has 0 aliphatic carbocycles. The number of hydrogen-bond donors (Lipinski definition) is 2. The number of likely N-dealkylation sites (N-methyl/N-ethyl adjacent to an activating group) is 1. The van der Waals surface area contributed by atoms with Crippen LogP contribution >= 0.6 is 0 Å². The molecule has 2 amide bonds. The Hall–Kier alpha value is -3.48. The lowest BCUT2D eigenvalue weighted by Gasteiger charge is -2.37. The Morgan fingerprint density at radius 2 is 2.11 bits per heavy atom. The van der Waals surface area contributed by atoms with Gasteiger partial charge in [-0.3, -0.25) is 14.6 Å². The number of aliphatic hydroxyl groups excluding tert-OH is 2. The monoisotopic (exact) mass is 480 g/mol. The lowest BCUT2D eigenvalue weighted by Crippen LogP contribution is -2.50. The van der Waals surface area contributed by atoms with E-state index in [9.17, 15) is 19.8 Å². The summed E-state index contributed by atoms with van der Waals surface area (Å²) in [6.45, 7) is 5.68. The van der Waals surface area contributed by atoms with E-state index in [2.05, 4.69) is 21.8 Å². The van der Waals surface area contributed by atoms with Gasteiger partial charge in [-0.05, 0) is 32.0 Å². The number of ether oxygens (including phenoxy) is 1. The number of carbonyl (C=O) groups excluding carboxylic acids is 2. The zero-order valence-electron chi connectivity index (χ0n) is 20.5. The van der Waals surface area contributed by atoms with E-state index in [0.717, 1.165) is 0 Å². The van der Waals surface area contributed by atoms with E-state index in [0.29, 0.717) is 17.8 Å². The maximum Gasteiger partial charge on any atom is 0.259 e. The number of rotatable bonds is 6. The SMILES string of the molecule is C[C@@H](O)C#Cc1cnc2c(c1)C(=O)N([C@@H](C)CO)C[C@H](C)[C@H](CN(C)C(=O)Cc1ccccn1)O2. The van der Waals surface area contributed by atoms with Crippen LogP contribution in [0, 0.1) is 17.8 Å². The van der Waals surface area contributed by atoms with Crippen LogP contribution in [-0.2, 0) is 11.2 Å². The molecular formula is C26H32N4O5. The third kappa shape index (κ3) is 6.78. The van der Waals surface area contributed by atoms with Crippen molar-refractivity contribution in [3.63, 3.8) is 0 Å². The summed E-state index contributed by atoms with van der Waals surface area (Å²) in [6, 6.07) is 6.60. The van der Waals surface area contributed by atoms with Crippen molar-refractivity contribution in [3.8, 4) is 17.7 Å². The van der Waals surface area contributed by atoms with Gasteiger partial charge in [-0.2, -0.15) is 0 Å². The molecule has 186 valence electrons. The van der Waals surface area contributed by atoms with Crippen molar-refractivity contribution in [3.05, 3.63) is 53.5 Å². The zero-order valence-corrected chi connectivity index (χ0v) is 20.5. The first kappa shape index (κ1) is 26.1. The molecule has 0 unspecified atom stereocenters. The van der Waals surface area contributed by atoms with Crippen molar-refractivity contribution in [2.24, 2.45) is 5.92 Å². The Kier molecular flexibility index (Phi) is 8.79. The second-order valence-corrected chi connectivity index (χ2v) is 8.92. The number of aliphatic hydroxyl groups is 2. The predicted octanol–water partition coefficient (Wildman–Crippen LogP) is 1.13. The first-order valence-electron chi connectivity index (χ1n) is 11.6. The van der Waals surface area contributed by atoms with Crippen LogP contribution in [0.15, 0.2) is 36.7 Å². The average molecular weight is 481 g/mol. The molecule has 0 radical (unpaired) electrons. The molecule has 2 aromatic heterocycles. The van der Waals surface area contributed by atoms with E-state index < -0.39 is 18.2 Å². The van der Waals surface area contributed by atoms with Gasteiger partial charge in [-0.25, -0.2) is 4.98 Å². The van der Waals surface area contributed by atoms with Crippen LogP contribution in [0.25, 0.3) is 0 Å². The van der Waals surface area contributed by atoms with Gasteiger partial charge in [0.15, 0.2) is 0 Å². The second-order valence-electron chi connectivity index (χ2n) is 8.92. The van der Waals surface area contributed by atoms with Crippen LogP contribution in [-0.4, -0.2) is 86.8 Å². The van der Waals surface area contributed by atoms with Crippen LogP contribution in [0.4, 0.5) is 0 Å². The molecule has 0 spiro atoms. The van der Waals surface area contributed by atoms with Gasteiger partial charge in [-0.1, -0.05) is 24.8 Å². The number of carbonyl (C=O) groups is 2. The number of fused-ring (bicyclic) bond motifs is 1. The lowest BCUT2D eigenvalue weighted by molar-refractivity contribution is -0.130. The second kappa shape index (κ2) is 11.8. The number of aromatic nitrogens is 2. The number of amides is 2. The Morgan fingerprint density at radius 3 is 2.77 bits per heavy atom. The van der Waals surface area contributed by atoms with Gasteiger partial charge in [0.05, 0.1) is 25.6 Å². The molecule has 0 saturated carbocycles. The maximum atomic E-state index is 13.4. The molecule has 1 aliphatic heterocycles. The Balaban J connectivity index is 1.89. The minimum absolute atomic E-state index is 0.102. The van der Waals surface area contributed by atoms with Crippen LogP contribution in [0.1, 0.15) is 42.4 Å². The molecule has 3 heterocycles. The fraction of sp³-hybridized carbons (Fsp3) is 0.462. The van der Waals surface area contributed by atoms with Crippen molar-refractivity contribution in [2.45, 2.75) is 45.4 Å². The van der Waals surface area contributed by atoms with Crippen LogP contribution in [0.5, 0.6) is 5.88 Å². The van der Waals surface area contributed by atoms with E-state index in [-0.39, 0.29) is 48.7 Å². The maximum absolute atomic E-state index is 13.4. The summed E-state index contributed by atoms with van der Waals surface area (Å²) in [5, 5.41) is 19.2. The quantitative estimate of drug-likeness (QED) is 0.596. The van der Waals surface area contributed by atoms with Gasteiger partial charge < -0.3 is 24.7 Å². The van der Waals surface area contributed by atoms with Crippen molar-refractivity contribution in [1.82, 2.24) is 19.8 Å². The minimum atomic E-state index is -0.820. The molecule has 2 aromatic rings. The van der Waals surface area contributed by atoms with Gasteiger partial charge in [0.2, 0.25) is 11.8 Å². The van der Waals surface area contributed by atoms with Crippen molar-refractivity contribution in [2.75, 3.05) is 26.7 Å². The summed E-state index contributed by atoms with van der Waals surface area (Å²) >= 11 is 0. The third-order valence-electron chi connectivity index (χ3n) is 5.88. The number of pyridine rings is 2. The van der Waals surface area contributed by atoms with Crippen molar-refractivity contribution < 1.29 is 24.5 Å². The topological polar surface area (TPSA) is 116 Å². The van der Waals surface area contributed by atoms with E-state index in [1.807, 2.05) is 13.0 Å².